The Kier molecular flexibility index (Phi) is 5.25. The Morgan fingerprint density at radius 3 is 2.42 bits per heavy atom. The van der Waals surface area contributed by atoms with Crippen LogP contribution in [0, 0.1) is 18.6 Å². The molecule has 1 heterocycles. The van der Waals surface area contributed by atoms with Gasteiger partial charge in [-0.25, -0.2) is 4.39 Å². The molecule has 0 amide bonds. The third-order valence-electron chi connectivity index (χ3n) is 4.80. The number of nitrogens with zero attached hydrogens (tertiary/aromatic N) is 1. The highest BCUT2D eigenvalue weighted by molar-refractivity contribution is 5.76. The van der Waals surface area contributed by atoms with E-state index >= 15 is 0 Å². The van der Waals surface area contributed by atoms with Gasteiger partial charge in [-0.05, 0) is 49.1 Å². The van der Waals surface area contributed by atoms with Crippen LogP contribution in [0.5, 0.6) is 5.75 Å². The van der Waals surface area contributed by atoms with Crippen molar-refractivity contribution in [1.29, 1.82) is 0 Å². The maximum atomic E-state index is 13.9. The van der Waals surface area contributed by atoms with E-state index in [-0.39, 0.29) is 29.1 Å². The van der Waals surface area contributed by atoms with Crippen LogP contribution >= 0.6 is 0 Å². The summed E-state index contributed by atoms with van der Waals surface area (Å²) < 4.78 is 33.1. The number of rotatable bonds is 6. The van der Waals surface area contributed by atoms with Crippen molar-refractivity contribution in [2.45, 2.75) is 39.2 Å². The van der Waals surface area contributed by atoms with Crippen molar-refractivity contribution in [3.8, 4) is 5.75 Å². The second-order valence-electron chi connectivity index (χ2n) is 7.05. The minimum atomic E-state index is -0.924. The zero-order valence-corrected chi connectivity index (χ0v) is 15.3. The summed E-state index contributed by atoms with van der Waals surface area (Å²) in [5, 5.41) is 0. The van der Waals surface area contributed by atoms with Crippen molar-refractivity contribution >= 4 is 11.5 Å². The van der Waals surface area contributed by atoms with Gasteiger partial charge in [0.15, 0.2) is 11.6 Å². The molecule has 0 bridgehead atoms. The Bertz CT molecular complexity index is 798. The normalized spacial score (nSPS) is 15.5. The SMILES string of the molecule is CC(=O)C[C@@H](C)c1ccc(N2CC(Oc3ccc(C)c(F)c3F)C2)cc1. The lowest BCUT2D eigenvalue weighted by Crippen LogP contribution is -2.54. The van der Waals surface area contributed by atoms with Crippen molar-refractivity contribution < 1.29 is 18.3 Å². The highest BCUT2D eigenvalue weighted by Gasteiger charge is 2.30. The number of halogens is 2. The van der Waals surface area contributed by atoms with Gasteiger partial charge in [0.1, 0.15) is 11.9 Å². The molecular weight excluding hydrogens is 336 g/mol. The Hall–Kier alpha value is -2.43. The van der Waals surface area contributed by atoms with Gasteiger partial charge in [-0.3, -0.25) is 0 Å². The predicted octanol–water partition coefficient (Wildman–Crippen LogP) is 4.62. The zero-order chi connectivity index (χ0) is 18.8. The zero-order valence-electron chi connectivity index (χ0n) is 15.3. The van der Waals surface area contributed by atoms with Gasteiger partial charge in [0.25, 0.3) is 0 Å². The molecule has 0 aliphatic carbocycles. The number of hydrogen-bond donors (Lipinski definition) is 0. The summed E-state index contributed by atoms with van der Waals surface area (Å²) in [5.41, 5.74) is 2.46. The number of aryl methyl sites for hydroxylation is 1. The first-order valence-corrected chi connectivity index (χ1v) is 8.80. The van der Waals surface area contributed by atoms with E-state index in [0.29, 0.717) is 19.5 Å². The molecule has 26 heavy (non-hydrogen) atoms. The monoisotopic (exact) mass is 359 g/mol. The highest BCUT2D eigenvalue weighted by Crippen LogP contribution is 2.29. The molecule has 1 atom stereocenters. The van der Waals surface area contributed by atoms with Crippen LogP contribution in [0.4, 0.5) is 14.5 Å². The van der Waals surface area contributed by atoms with E-state index in [9.17, 15) is 13.6 Å². The average Bonchev–Trinajstić information content (AvgIpc) is 2.57. The second kappa shape index (κ2) is 7.44. The van der Waals surface area contributed by atoms with E-state index in [1.165, 1.54) is 19.1 Å². The third-order valence-corrected chi connectivity index (χ3v) is 4.80. The Labute approximate surface area is 152 Å². The van der Waals surface area contributed by atoms with Crippen LogP contribution in [-0.4, -0.2) is 25.0 Å². The predicted molar refractivity (Wildman–Crippen MR) is 97.9 cm³/mol. The fraction of sp³-hybridized carbons (Fsp3) is 0.381. The van der Waals surface area contributed by atoms with E-state index in [4.69, 9.17) is 4.74 Å². The molecule has 1 aliphatic heterocycles. The lowest BCUT2D eigenvalue weighted by Gasteiger charge is -2.40. The number of carbonyl (C=O) groups is 1. The molecule has 1 fully saturated rings. The minimum Gasteiger partial charge on any atom is -0.484 e. The fourth-order valence-corrected chi connectivity index (χ4v) is 3.19. The number of ether oxygens (including phenoxy) is 1. The standard InChI is InChI=1S/C21H23F2NO2/c1-13-4-9-19(21(23)20(13)22)26-18-11-24(12-18)17-7-5-16(6-8-17)14(2)10-15(3)25/h4-9,14,18H,10-12H2,1-3H3/t14-/m1/s1. The van der Waals surface area contributed by atoms with Crippen molar-refractivity contribution in [2.75, 3.05) is 18.0 Å². The largest absolute Gasteiger partial charge is 0.484 e. The van der Waals surface area contributed by atoms with Gasteiger partial charge in [-0.15, -0.1) is 0 Å². The van der Waals surface area contributed by atoms with Crippen LogP contribution in [0.1, 0.15) is 37.3 Å². The highest BCUT2D eigenvalue weighted by atomic mass is 19.2. The van der Waals surface area contributed by atoms with Gasteiger partial charge in [-0.1, -0.05) is 25.1 Å². The van der Waals surface area contributed by atoms with E-state index in [1.807, 2.05) is 31.2 Å². The maximum absolute atomic E-state index is 13.9. The van der Waals surface area contributed by atoms with Gasteiger partial charge in [0.05, 0.1) is 13.1 Å². The summed E-state index contributed by atoms with van der Waals surface area (Å²) in [6.45, 7) is 6.41. The van der Waals surface area contributed by atoms with Crippen LogP contribution in [0.2, 0.25) is 0 Å². The summed E-state index contributed by atoms with van der Waals surface area (Å²) in [6.07, 6.45) is 0.375. The molecule has 2 aromatic carbocycles. The van der Waals surface area contributed by atoms with E-state index in [0.717, 1.165) is 11.3 Å². The van der Waals surface area contributed by atoms with Crippen LogP contribution in [0.25, 0.3) is 0 Å². The smallest absolute Gasteiger partial charge is 0.200 e. The first-order chi connectivity index (χ1) is 12.3. The molecule has 0 radical (unpaired) electrons. The van der Waals surface area contributed by atoms with Gasteiger partial charge in [0.2, 0.25) is 5.82 Å². The summed E-state index contributed by atoms with van der Waals surface area (Å²) >= 11 is 0. The summed E-state index contributed by atoms with van der Waals surface area (Å²) in [5.74, 6) is -1.43. The summed E-state index contributed by atoms with van der Waals surface area (Å²) in [6, 6.07) is 11.1. The Morgan fingerprint density at radius 1 is 1.15 bits per heavy atom. The van der Waals surface area contributed by atoms with Crippen molar-refractivity contribution in [3.63, 3.8) is 0 Å². The summed E-state index contributed by atoms with van der Waals surface area (Å²) in [4.78, 5) is 13.4. The van der Waals surface area contributed by atoms with Crippen LogP contribution in [0.15, 0.2) is 36.4 Å². The van der Waals surface area contributed by atoms with E-state index in [2.05, 4.69) is 4.90 Å². The Balaban J connectivity index is 1.57. The number of anilines is 1. The van der Waals surface area contributed by atoms with Gasteiger partial charge >= 0.3 is 0 Å². The molecular formula is C21H23F2NO2. The summed E-state index contributed by atoms with van der Waals surface area (Å²) in [7, 11) is 0. The molecule has 0 N–H and O–H groups in total. The lowest BCUT2D eigenvalue weighted by atomic mass is 9.95. The topological polar surface area (TPSA) is 29.5 Å². The second-order valence-corrected chi connectivity index (χ2v) is 7.05. The number of Topliss-reactive ketones (excluding diaryl/α,β-unsaturated/α-hetero) is 1. The average molecular weight is 359 g/mol. The molecule has 3 nitrogen and oxygen atoms in total. The number of ketones is 1. The molecule has 0 spiro atoms. The van der Waals surface area contributed by atoms with Gasteiger partial charge in [0, 0.05) is 12.1 Å². The van der Waals surface area contributed by atoms with Gasteiger partial charge < -0.3 is 14.4 Å². The number of benzene rings is 2. The molecule has 0 unspecified atom stereocenters. The van der Waals surface area contributed by atoms with Crippen LogP contribution < -0.4 is 9.64 Å². The number of hydrogen-bond acceptors (Lipinski definition) is 3. The molecule has 2 aromatic rings. The van der Waals surface area contributed by atoms with Gasteiger partial charge in [-0.2, -0.15) is 4.39 Å². The molecule has 138 valence electrons. The molecule has 1 saturated heterocycles. The van der Waals surface area contributed by atoms with Crippen molar-refractivity contribution in [3.05, 3.63) is 59.2 Å². The Morgan fingerprint density at radius 2 is 1.81 bits per heavy atom. The van der Waals surface area contributed by atoms with Crippen molar-refractivity contribution in [1.82, 2.24) is 0 Å². The first-order valence-electron chi connectivity index (χ1n) is 8.80. The van der Waals surface area contributed by atoms with Crippen LogP contribution in [0.3, 0.4) is 0 Å². The van der Waals surface area contributed by atoms with Crippen LogP contribution in [-0.2, 0) is 4.79 Å². The first kappa shape index (κ1) is 18.4. The van der Waals surface area contributed by atoms with E-state index < -0.39 is 11.6 Å². The minimum absolute atomic E-state index is 0.0360. The molecule has 0 aromatic heterocycles. The third kappa shape index (κ3) is 3.87. The maximum Gasteiger partial charge on any atom is 0.200 e. The molecule has 3 rings (SSSR count). The molecule has 1 aliphatic rings. The fourth-order valence-electron chi connectivity index (χ4n) is 3.19. The molecule has 5 heteroatoms. The van der Waals surface area contributed by atoms with E-state index in [1.54, 1.807) is 6.92 Å². The number of carbonyl (C=O) groups excluding carboxylic acids is 1. The molecule has 0 saturated carbocycles. The lowest BCUT2D eigenvalue weighted by molar-refractivity contribution is -0.117. The quantitative estimate of drug-likeness (QED) is 0.753. The van der Waals surface area contributed by atoms with Crippen molar-refractivity contribution in [2.24, 2.45) is 0 Å².